The van der Waals surface area contributed by atoms with Crippen molar-refractivity contribution in [3.05, 3.63) is 54.4 Å². The van der Waals surface area contributed by atoms with Crippen LogP contribution in [-0.2, 0) is 9.53 Å². The van der Waals surface area contributed by atoms with Gasteiger partial charge in [0.25, 0.3) is 0 Å². The lowest BCUT2D eigenvalue weighted by molar-refractivity contribution is -0.155. The molecule has 190 valence electrons. The molecule has 2 saturated heterocycles. The summed E-state index contributed by atoms with van der Waals surface area (Å²) in [7, 11) is 1.65. The molecule has 2 aliphatic heterocycles. The van der Waals surface area contributed by atoms with E-state index in [0.717, 1.165) is 55.6 Å². The molecule has 0 radical (unpaired) electrons. The van der Waals surface area contributed by atoms with Crippen LogP contribution in [-0.4, -0.2) is 60.8 Å². The predicted octanol–water partition coefficient (Wildman–Crippen LogP) is 4.61. The summed E-state index contributed by atoms with van der Waals surface area (Å²) in [5, 5.41) is 4.39. The summed E-state index contributed by atoms with van der Waals surface area (Å²) < 4.78 is 17.0. The van der Waals surface area contributed by atoms with E-state index in [1.165, 1.54) is 5.56 Å². The van der Waals surface area contributed by atoms with Gasteiger partial charge in [-0.05, 0) is 56.3 Å². The highest BCUT2D eigenvalue weighted by Gasteiger charge is 2.39. The molecular formula is C28H34N4O4. The highest BCUT2D eigenvalue weighted by atomic mass is 16.5. The summed E-state index contributed by atoms with van der Waals surface area (Å²) in [6, 6.07) is 14.2. The lowest BCUT2D eigenvalue weighted by Gasteiger charge is -2.43. The number of fused-ring (bicyclic) bond motifs is 1. The van der Waals surface area contributed by atoms with Crippen molar-refractivity contribution in [2.45, 2.75) is 38.6 Å². The number of nitrogens with zero attached hydrogens (tertiary/aromatic N) is 3. The molecule has 1 aromatic heterocycles. The number of methoxy groups -OCH3 is 1. The molecule has 8 heteroatoms. The first kappa shape index (κ1) is 24.3. The molecule has 3 aromatic rings. The number of hydrogen-bond acceptors (Lipinski definition) is 8. The van der Waals surface area contributed by atoms with Gasteiger partial charge < -0.3 is 19.5 Å². The third-order valence-corrected chi connectivity index (χ3v) is 7.57. The van der Waals surface area contributed by atoms with Crippen molar-refractivity contribution < 1.29 is 19.0 Å². The number of hydrogen-bond donors (Lipinski definition) is 1. The Morgan fingerprint density at radius 3 is 2.67 bits per heavy atom. The van der Waals surface area contributed by atoms with Gasteiger partial charge in [0.1, 0.15) is 18.8 Å². The molecule has 2 aromatic carbocycles. The maximum atomic E-state index is 11.8. The number of nitrogens with one attached hydrogen (secondary N) is 1. The zero-order chi connectivity index (χ0) is 25.0. The maximum absolute atomic E-state index is 11.8. The van der Waals surface area contributed by atoms with Gasteiger partial charge in [-0.1, -0.05) is 30.3 Å². The Morgan fingerprint density at radius 1 is 1.11 bits per heavy atom. The minimum absolute atomic E-state index is 0.0434. The first-order chi connectivity index (χ1) is 17.5. The Hall–Kier alpha value is -3.39. The average molecular weight is 491 g/mol. The normalized spacial score (nSPS) is 18.6. The molecule has 0 aliphatic carbocycles. The molecular weight excluding hydrogens is 456 g/mol. The zero-order valence-electron chi connectivity index (χ0n) is 21.0. The summed E-state index contributed by atoms with van der Waals surface area (Å²) >= 11 is 0. The lowest BCUT2D eigenvalue weighted by atomic mass is 9.72. The average Bonchev–Trinajstić information content (AvgIpc) is 2.90. The van der Waals surface area contributed by atoms with Gasteiger partial charge in [0.05, 0.1) is 25.7 Å². The van der Waals surface area contributed by atoms with Crippen molar-refractivity contribution in [2.24, 2.45) is 5.41 Å². The SMILES string of the molecule is COc1cc2c(NC(C)c3ccccc3)ncnc2cc1OCCN1CCC2(CCOC(=O)C2)CC1. The smallest absolute Gasteiger partial charge is 0.306 e. The summed E-state index contributed by atoms with van der Waals surface area (Å²) in [5.74, 6) is 2.05. The quantitative estimate of drug-likeness (QED) is 0.458. The molecule has 5 rings (SSSR count). The molecule has 0 amide bonds. The fraction of sp³-hybridized carbons (Fsp3) is 0.464. The van der Waals surface area contributed by atoms with Crippen molar-refractivity contribution in [1.82, 2.24) is 14.9 Å². The van der Waals surface area contributed by atoms with Crippen LogP contribution in [0.5, 0.6) is 11.5 Å². The largest absolute Gasteiger partial charge is 0.493 e. The standard InChI is InChI=1S/C28H34N4O4/c1-20(21-6-4-3-5-7-21)31-27-22-16-24(34-2)25(17-23(22)29-19-30-27)35-15-13-32-11-8-28(9-12-32)10-14-36-26(33)18-28/h3-7,16-17,19-20H,8-15,18H2,1-2H3,(H,29,30,31). The van der Waals surface area contributed by atoms with Crippen LogP contribution in [0.25, 0.3) is 10.9 Å². The summed E-state index contributed by atoms with van der Waals surface area (Å²) in [4.78, 5) is 23.1. The Labute approximate surface area is 212 Å². The van der Waals surface area contributed by atoms with Gasteiger partial charge in [-0.3, -0.25) is 9.69 Å². The number of carbonyl (C=O) groups excluding carboxylic acids is 1. The molecule has 1 spiro atoms. The van der Waals surface area contributed by atoms with Gasteiger partial charge in [-0.2, -0.15) is 0 Å². The van der Waals surface area contributed by atoms with Gasteiger partial charge in [0, 0.05) is 24.0 Å². The molecule has 2 fully saturated rings. The van der Waals surface area contributed by atoms with Crippen LogP contribution in [0.4, 0.5) is 5.82 Å². The molecule has 1 atom stereocenters. The number of carbonyl (C=O) groups is 1. The van der Waals surface area contributed by atoms with Gasteiger partial charge in [-0.25, -0.2) is 9.97 Å². The first-order valence-electron chi connectivity index (χ1n) is 12.7. The Morgan fingerprint density at radius 2 is 1.92 bits per heavy atom. The topological polar surface area (TPSA) is 85.8 Å². The maximum Gasteiger partial charge on any atom is 0.306 e. The lowest BCUT2D eigenvalue weighted by Crippen LogP contribution is -2.45. The summed E-state index contributed by atoms with van der Waals surface area (Å²) in [6.45, 7) is 6.02. The Kier molecular flexibility index (Phi) is 7.23. The van der Waals surface area contributed by atoms with E-state index >= 15 is 0 Å². The highest BCUT2D eigenvalue weighted by molar-refractivity contribution is 5.91. The summed E-state index contributed by atoms with van der Waals surface area (Å²) in [6.07, 6.45) is 5.20. The van der Waals surface area contributed by atoms with Crippen LogP contribution in [0.1, 0.15) is 44.2 Å². The number of cyclic esters (lactones) is 1. The Balaban J connectivity index is 1.22. The molecule has 1 unspecified atom stereocenters. The second-order valence-electron chi connectivity index (χ2n) is 9.86. The van der Waals surface area contributed by atoms with E-state index in [1.54, 1.807) is 13.4 Å². The number of piperidine rings is 1. The molecule has 0 bridgehead atoms. The van der Waals surface area contributed by atoms with Crippen LogP contribution < -0.4 is 14.8 Å². The van der Waals surface area contributed by atoms with E-state index < -0.39 is 0 Å². The number of anilines is 1. The van der Waals surface area contributed by atoms with Crippen molar-refractivity contribution in [2.75, 3.05) is 45.3 Å². The van der Waals surface area contributed by atoms with Gasteiger partial charge in [0.2, 0.25) is 0 Å². The number of rotatable bonds is 8. The van der Waals surface area contributed by atoms with Crippen LogP contribution in [0, 0.1) is 5.41 Å². The highest BCUT2D eigenvalue weighted by Crippen LogP contribution is 2.41. The number of likely N-dealkylation sites (tertiary alicyclic amines) is 1. The molecule has 36 heavy (non-hydrogen) atoms. The van der Waals surface area contributed by atoms with Crippen molar-refractivity contribution in [3.8, 4) is 11.5 Å². The molecule has 1 N–H and O–H groups in total. The van der Waals surface area contributed by atoms with Gasteiger partial charge >= 0.3 is 5.97 Å². The second kappa shape index (κ2) is 10.7. The third-order valence-electron chi connectivity index (χ3n) is 7.57. The van der Waals surface area contributed by atoms with E-state index in [1.807, 2.05) is 30.3 Å². The number of aromatic nitrogens is 2. The van der Waals surface area contributed by atoms with E-state index in [2.05, 4.69) is 39.2 Å². The first-order valence-corrected chi connectivity index (χ1v) is 12.7. The summed E-state index contributed by atoms with van der Waals surface area (Å²) in [5.41, 5.74) is 2.12. The van der Waals surface area contributed by atoms with Gasteiger partial charge in [0.15, 0.2) is 11.5 Å². The predicted molar refractivity (Wildman–Crippen MR) is 138 cm³/mol. The number of esters is 1. The van der Waals surface area contributed by atoms with Crippen LogP contribution in [0.3, 0.4) is 0 Å². The van der Waals surface area contributed by atoms with Crippen LogP contribution in [0.15, 0.2) is 48.8 Å². The molecule has 2 aliphatic rings. The van der Waals surface area contributed by atoms with E-state index in [4.69, 9.17) is 14.2 Å². The molecule has 3 heterocycles. The van der Waals surface area contributed by atoms with Crippen LogP contribution in [0.2, 0.25) is 0 Å². The van der Waals surface area contributed by atoms with Crippen LogP contribution >= 0.6 is 0 Å². The fourth-order valence-corrected chi connectivity index (χ4v) is 5.27. The monoisotopic (exact) mass is 490 g/mol. The fourth-order valence-electron chi connectivity index (χ4n) is 5.27. The minimum Gasteiger partial charge on any atom is -0.493 e. The van der Waals surface area contributed by atoms with Crippen molar-refractivity contribution in [3.63, 3.8) is 0 Å². The number of ether oxygens (including phenoxy) is 3. The van der Waals surface area contributed by atoms with Gasteiger partial charge in [-0.15, -0.1) is 0 Å². The molecule has 0 saturated carbocycles. The van der Waals surface area contributed by atoms with E-state index in [-0.39, 0.29) is 17.4 Å². The molecule has 8 nitrogen and oxygen atoms in total. The third kappa shape index (κ3) is 5.38. The number of benzene rings is 2. The minimum atomic E-state index is -0.0434. The second-order valence-corrected chi connectivity index (χ2v) is 9.86. The van der Waals surface area contributed by atoms with E-state index in [0.29, 0.717) is 31.1 Å². The Bertz CT molecular complexity index is 1190. The van der Waals surface area contributed by atoms with Crippen molar-refractivity contribution in [1.29, 1.82) is 0 Å². The van der Waals surface area contributed by atoms with E-state index in [9.17, 15) is 4.79 Å². The van der Waals surface area contributed by atoms with Crippen molar-refractivity contribution >= 4 is 22.7 Å². The zero-order valence-corrected chi connectivity index (χ0v) is 21.0.